The minimum absolute atomic E-state index is 0.353. The van der Waals surface area contributed by atoms with Crippen LogP contribution >= 0.6 is 34.8 Å². The van der Waals surface area contributed by atoms with Crippen LogP contribution in [0, 0.1) is 0 Å². The van der Waals surface area contributed by atoms with Crippen LogP contribution in [0.2, 0.25) is 15.1 Å². The monoisotopic (exact) mass is 449 g/mol. The van der Waals surface area contributed by atoms with E-state index < -0.39 is 0 Å². The lowest BCUT2D eigenvalue weighted by molar-refractivity contribution is 0.302. The first-order chi connectivity index (χ1) is 14.1. The number of benzene rings is 3. The quantitative estimate of drug-likeness (QED) is 0.374. The molecule has 1 N–H and O–H groups in total. The van der Waals surface area contributed by atoms with Crippen molar-refractivity contribution in [3.8, 4) is 11.5 Å². The van der Waals surface area contributed by atoms with Gasteiger partial charge in [0.2, 0.25) is 0 Å². The van der Waals surface area contributed by atoms with E-state index in [-0.39, 0.29) is 0 Å². The van der Waals surface area contributed by atoms with E-state index in [1.165, 1.54) is 5.56 Å². The number of hydrogen-bond acceptors (Lipinski definition) is 3. The molecule has 0 unspecified atom stereocenters. The highest BCUT2D eigenvalue weighted by Gasteiger charge is 2.08. The molecule has 3 aromatic rings. The van der Waals surface area contributed by atoms with Crippen LogP contribution < -0.4 is 14.8 Å². The largest absolute Gasteiger partial charge is 0.496 e. The molecule has 0 radical (unpaired) electrons. The Balaban J connectivity index is 1.59. The SMILES string of the molecule is COc1ccccc1CCNCc1cc(Cl)ccc1OCc1ccc(Cl)cc1Cl. The molecule has 3 nitrogen and oxygen atoms in total. The molecular weight excluding hydrogens is 429 g/mol. The highest BCUT2D eigenvalue weighted by Crippen LogP contribution is 2.26. The first-order valence-corrected chi connectivity index (χ1v) is 10.4. The molecule has 3 aromatic carbocycles. The Kier molecular flexibility index (Phi) is 8.08. The molecule has 3 rings (SSSR count). The van der Waals surface area contributed by atoms with Gasteiger partial charge < -0.3 is 14.8 Å². The fourth-order valence-corrected chi connectivity index (χ4v) is 3.63. The maximum absolute atomic E-state index is 6.24. The third kappa shape index (κ3) is 6.28. The molecule has 0 bridgehead atoms. The lowest BCUT2D eigenvalue weighted by Crippen LogP contribution is -2.17. The first-order valence-electron chi connectivity index (χ1n) is 9.24. The van der Waals surface area contributed by atoms with Gasteiger partial charge in [-0.05, 0) is 54.9 Å². The fourth-order valence-electron chi connectivity index (χ4n) is 2.98. The molecule has 0 saturated heterocycles. The summed E-state index contributed by atoms with van der Waals surface area (Å²) in [6.45, 7) is 1.79. The summed E-state index contributed by atoms with van der Waals surface area (Å²) in [5, 5.41) is 5.31. The number of nitrogens with one attached hydrogen (secondary N) is 1. The molecule has 6 heteroatoms. The van der Waals surface area contributed by atoms with Crippen molar-refractivity contribution < 1.29 is 9.47 Å². The van der Waals surface area contributed by atoms with E-state index in [1.807, 2.05) is 42.5 Å². The smallest absolute Gasteiger partial charge is 0.124 e. The van der Waals surface area contributed by atoms with Crippen molar-refractivity contribution in [1.82, 2.24) is 5.32 Å². The Bertz CT molecular complexity index is 963. The first kappa shape index (κ1) is 21.8. The molecule has 0 heterocycles. The van der Waals surface area contributed by atoms with E-state index in [0.717, 1.165) is 35.6 Å². The van der Waals surface area contributed by atoms with Crippen molar-refractivity contribution in [3.63, 3.8) is 0 Å². The highest BCUT2D eigenvalue weighted by atomic mass is 35.5. The van der Waals surface area contributed by atoms with Crippen LogP contribution in [-0.2, 0) is 19.6 Å². The number of methoxy groups -OCH3 is 1. The van der Waals surface area contributed by atoms with Gasteiger partial charge in [-0.3, -0.25) is 0 Å². The van der Waals surface area contributed by atoms with Gasteiger partial charge in [-0.2, -0.15) is 0 Å². The van der Waals surface area contributed by atoms with Crippen LogP contribution in [0.4, 0.5) is 0 Å². The van der Waals surface area contributed by atoms with Gasteiger partial charge in [0.15, 0.2) is 0 Å². The molecule has 0 aromatic heterocycles. The molecule has 0 amide bonds. The van der Waals surface area contributed by atoms with E-state index in [2.05, 4.69) is 11.4 Å². The summed E-state index contributed by atoms with van der Waals surface area (Å²) in [5.74, 6) is 1.67. The topological polar surface area (TPSA) is 30.5 Å². The minimum atomic E-state index is 0.353. The van der Waals surface area contributed by atoms with Crippen LogP contribution in [-0.4, -0.2) is 13.7 Å². The normalized spacial score (nSPS) is 10.8. The maximum Gasteiger partial charge on any atom is 0.124 e. The maximum atomic E-state index is 6.24. The second-order valence-electron chi connectivity index (χ2n) is 6.52. The summed E-state index contributed by atoms with van der Waals surface area (Å²) in [4.78, 5) is 0. The molecule has 0 aliphatic heterocycles. The van der Waals surface area contributed by atoms with Crippen molar-refractivity contribution in [1.29, 1.82) is 0 Å². The average molecular weight is 451 g/mol. The Morgan fingerprint density at radius 1 is 0.793 bits per heavy atom. The van der Waals surface area contributed by atoms with Gasteiger partial charge in [0, 0.05) is 32.7 Å². The van der Waals surface area contributed by atoms with Crippen LogP contribution in [0.25, 0.3) is 0 Å². The van der Waals surface area contributed by atoms with Crippen molar-refractivity contribution in [2.45, 2.75) is 19.6 Å². The van der Waals surface area contributed by atoms with Gasteiger partial charge in [-0.25, -0.2) is 0 Å². The molecule has 152 valence electrons. The minimum Gasteiger partial charge on any atom is -0.496 e. The van der Waals surface area contributed by atoms with Crippen LogP contribution in [0.15, 0.2) is 60.7 Å². The summed E-state index contributed by atoms with van der Waals surface area (Å²) >= 11 is 18.4. The van der Waals surface area contributed by atoms with Crippen LogP contribution in [0.5, 0.6) is 11.5 Å². The highest BCUT2D eigenvalue weighted by molar-refractivity contribution is 6.35. The van der Waals surface area contributed by atoms with Crippen molar-refractivity contribution in [3.05, 3.63) is 92.4 Å². The van der Waals surface area contributed by atoms with Gasteiger partial charge in [0.25, 0.3) is 0 Å². The number of para-hydroxylation sites is 1. The number of halogens is 3. The zero-order chi connectivity index (χ0) is 20.6. The van der Waals surface area contributed by atoms with Gasteiger partial charge in [0.05, 0.1) is 7.11 Å². The van der Waals surface area contributed by atoms with Crippen molar-refractivity contribution in [2.75, 3.05) is 13.7 Å². The number of ether oxygens (including phenoxy) is 2. The molecule has 0 fully saturated rings. The molecule has 0 spiro atoms. The van der Waals surface area contributed by atoms with Crippen molar-refractivity contribution >= 4 is 34.8 Å². The van der Waals surface area contributed by atoms with Crippen molar-refractivity contribution in [2.24, 2.45) is 0 Å². The standard InChI is InChI=1S/C23H22Cl3NO2/c1-28-22-5-3-2-4-16(22)10-11-27-14-18-12-19(24)8-9-23(18)29-15-17-6-7-20(25)13-21(17)26/h2-9,12-13,27H,10-11,14-15H2,1H3. The molecule has 0 aliphatic rings. The predicted octanol–water partition coefficient (Wildman–Crippen LogP) is 6.57. The summed E-state index contributed by atoms with van der Waals surface area (Å²) in [7, 11) is 1.69. The van der Waals surface area contributed by atoms with E-state index in [0.29, 0.717) is 28.2 Å². The third-order valence-corrected chi connectivity index (χ3v) is 5.32. The fraction of sp³-hybridized carbons (Fsp3) is 0.217. The summed E-state index contributed by atoms with van der Waals surface area (Å²) in [6, 6.07) is 19.0. The predicted molar refractivity (Wildman–Crippen MR) is 121 cm³/mol. The zero-order valence-electron chi connectivity index (χ0n) is 16.1. The summed E-state index contributed by atoms with van der Waals surface area (Å²) in [5.41, 5.74) is 3.03. The third-order valence-electron chi connectivity index (χ3n) is 4.50. The van der Waals surface area contributed by atoms with Gasteiger partial charge in [-0.15, -0.1) is 0 Å². The Morgan fingerprint density at radius 2 is 1.55 bits per heavy atom. The average Bonchev–Trinajstić information content (AvgIpc) is 2.72. The van der Waals surface area contributed by atoms with E-state index in [1.54, 1.807) is 19.2 Å². The molecular formula is C23H22Cl3NO2. The molecule has 29 heavy (non-hydrogen) atoms. The molecule has 0 aliphatic carbocycles. The van der Waals surface area contributed by atoms with Gasteiger partial charge >= 0.3 is 0 Å². The lowest BCUT2D eigenvalue weighted by Gasteiger charge is -2.14. The van der Waals surface area contributed by atoms with E-state index in [9.17, 15) is 0 Å². The summed E-state index contributed by atoms with van der Waals surface area (Å²) < 4.78 is 11.4. The summed E-state index contributed by atoms with van der Waals surface area (Å²) in [6.07, 6.45) is 0.862. The number of hydrogen-bond donors (Lipinski definition) is 1. The lowest BCUT2D eigenvalue weighted by atomic mass is 10.1. The second kappa shape index (κ2) is 10.7. The molecule has 0 saturated carbocycles. The van der Waals surface area contributed by atoms with Crippen LogP contribution in [0.3, 0.4) is 0 Å². The van der Waals surface area contributed by atoms with Crippen LogP contribution in [0.1, 0.15) is 16.7 Å². The Hall–Kier alpha value is -1.91. The Morgan fingerprint density at radius 3 is 2.34 bits per heavy atom. The van der Waals surface area contributed by atoms with E-state index >= 15 is 0 Å². The van der Waals surface area contributed by atoms with Gasteiger partial charge in [0.1, 0.15) is 18.1 Å². The second-order valence-corrected chi connectivity index (χ2v) is 7.80. The number of rotatable bonds is 9. The Labute approximate surface area is 186 Å². The van der Waals surface area contributed by atoms with E-state index in [4.69, 9.17) is 44.3 Å². The van der Waals surface area contributed by atoms with Gasteiger partial charge in [-0.1, -0.05) is 59.1 Å². The zero-order valence-corrected chi connectivity index (χ0v) is 18.3. The molecule has 0 atom stereocenters.